The van der Waals surface area contributed by atoms with Gasteiger partial charge in [-0.15, -0.1) is 0 Å². The third kappa shape index (κ3) is 9.16. The lowest BCUT2D eigenvalue weighted by atomic mass is 9.90. The molecule has 6 aromatic carbocycles. The second-order valence-electron chi connectivity index (χ2n) is 14.6. The zero-order valence-corrected chi connectivity index (χ0v) is 33.2. The van der Waals surface area contributed by atoms with Gasteiger partial charge in [-0.3, -0.25) is 0 Å². The molecule has 0 spiro atoms. The van der Waals surface area contributed by atoms with Crippen molar-refractivity contribution < 1.29 is 32.1 Å². The third-order valence-corrected chi connectivity index (χ3v) is 12.2. The Morgan fingerprint density at radius 3 is 1.55 bits per heavy atom. The maximum atomic E-state index is 14.4. The van der Waals surface area contributed by atoms with Crippen molar-refractivity contribution >= 4 is 20.9 Å². The van der Waals surface area contributed by atoms with E-state index in [9.17, 15) is 8.42 Å². The molecule has 0 amide bonds. The largest absolute Gasteiger partial charge is 0.374 e. The van der Waals surface area contributed by atoms with E-state index in [4.69, 9.17) is 23.7 Å². The van der Waals surface area contributed by atoms with E-state index in [2.05, 4.69) is 0 Å². The van der Waals surface area contributed by atoms with Crippen LogP contribution in [0, 0.1) is 6.92 Å². The van der Waals surface area contributed by atoms with Crippen molar-refractivity contribution in [3.8, 4) is 0 Å². The number of hydrogen-bond acceptors (Lipinski definition) is 7. The molecule has 1 aliphatic rings. The lowest BCUT2D eigenvalue weighted by molar-refractivity contribution is -0.274. The van der Waals surface area contributed by atoms with Crippen LogP contribution >= 0.6 is 0 Å². The van der Waals surface area contributed by atoms with Gasteiger partial charge in [-0.1, -0.05) is 157 Å². The Morgan fingerprint density at radius 2 is 1.00 bits per heavy atom. The summed E-state index contributed by atoms with van der Waals surface area (Å²) in [7, 11) is -4.00. The number of fused-ring (bicyclic) bond motifs is 1. The van der Waals surface area contributed by atoms with Gasteiger partial charge in [-0.25, -0.2) is 12.4 Å². The second-order valence-corrected chi connectivity index (χ2v) is 16.4. The first-order valence-corrected chi connectivity index (χ1v) is 21.0. The maximum Gasteiger partial charge on any atom is 0.268 e. The highest BCUT2D eigenvalue weighted by Crippen LogP contribution is 2.42. The molecular formula is C49H47NO7S. The summed E-state index contributed by atoms with van der Waals surface area (Å²) in [5.41, 5.74) is 6.16. The molecule has 58 heavy (non-hydrogen) atoms. The van der Waals surface area contributed by atoms with Crippen LogP contribution in [-0.4, -0.2) is 43.4 Å². The topological polar surface area (TPSA) is 85.2 Å². The summed E-state index contributed by atoms with van der Waals surface area (Å²) in [5.74, 6) is 0. The van der Waals surface area contributed by atoms with E-state index in [-0.39, 0.29) is 24.7 Å². The number of ether oxygens (including phenoxy) is 5. The Morgan fingerprint density at radius 1 is 0.534 bits per heavy atom. The molecule has 0 bridgehead atoms. The first kappa shape index (κ1) is 39.4. The van der Waals surface area contributed by atoms with Crippen molar-refractivity contribution in [3.05, 3.63) is 209 Å². The van der Waals surface area contributed by atoms with E-state index in [0.717, 1.165) is 33.2 Å². The second kappa shape index (κ2) is 18.5. The molecule has 9 heteroatoms. The van der Waals surface area contributed by atoms with Crippen LogP contribution in [0.5, 0.6) is 0 Å². The predicted octanol–water partition coefficient (Wildman–Crippen LogP) is 9.60. The molecule has 8 nitrogen and oxygen atoms in total. The number of aryl methyl sites for hydroxylation is 1. The molecule has 1 fully saturated rings. The van der Waals surface area contributed by atoms with Crippen LogP contribution in [0.15, 0.2) is 181 Å². The zero-order valence-electron chi connectivity index (χ0n) is 32.4. The summed E-state index contributed by atoms with van der Waals surface area (Å²) in [6.07, 6.45) is -1.79. The standard InChI is InChI=1S/C49H47NO7S/c1-36-26-28-41(29-27-36)58(51,52)50-30-43(42-24-14-15-25-44(42)50)46-48(55-33-39-20-10-4-11-21-39)49(56-34-40-22-12-5-13-23-40)47(54-32-38-18-8-3-9-19-38)45(57-46)35-53-31-37-16-6-2-7-17-37/h2-30,45-49H,31-35H2,1H3/t45-,46+,47-,48+,49+/m1/s1. The average molecular weight is 794 g/mol. The number of nitrogens with zero attached hydrogens (tertiary/aromatic N) is 1. The molecule has 5 atom stereocenters. The van der Waals surface area contributed by atoms with Gasteiger partial charge >= 0.3 is 0 Å². The molecule has 0 radical (unpaired) electrons. The van der Waals surface area contributed by atoms with Crippen LogP contribution in [-0.2, 0) is 60.1 Å². The normalized spacial score (nSPS) is 19.6. The number of para-hydroxylation sites is 1. The fourth-order valence-corrected chi connectivity index (χ4v) is 8.84. The van der Waals surface area contributed by atoms with E-state index >= 15 is 0 Å². The quantitative estimate of drug-likeness (QED) is 0.0964. The molecule has 0 N–H and O–H groups in total. The highest BCUT2D eigenvalue weighted by atomic mass is 32.2. The van der Waals surface area contributed by atoms with Crippen LogP contribution < -0.4 is 0 Å². The molecular weight excluding hydrogens is 747 g/mol. The molecule has 8 rings (SSSR count). The van der Waals surface area contributed by atoms with Gasteiger partial charge in [-0.05, 0) is 47.4 Å². The van der Waals surface area contributed by atoms with E-state index in [1.807, 2.05) is 165 Å². The molecule has 2 heterocycles. The minimum Gasteiger partial charge on any atom is -0.374 e. The molecule has 0 aliphatic carbocycles. The van der Waals surface area contributed by atoms with Crippen LogP contribution in [0.2, 0.25) is 0 Å². The first-order chi connectivity index (χ1) is 28.4. The van der Waals surface area contributed by atoms with Gasteiger partial charge in [0.25, 0.3) is 10.0 Å². The first-order valence-electron chi connectivity index (χ1n) is 19.6. The maximum absolute atomic E-state index is 14.4. The van der Waals surface area contributed by atoms with Crippen molar-refractivity contribution in [2.45, 2.75) is 68.8 Å². The molecule has 1 aliphatic heterocycles. The van der Waals surface area contributed by atoms with Crippen molar-refractivity contribution in [2.75, 3.05) is 6.61 Å². The molecule has 1 aromatic heterocycles. The Kier molecular flexibility index (Phi) is 12.6. The van der Waals surface area contributed by atoms with E-state index in [1.165, 1.54) is 3.97 Å². The summed E-state index contributed by atoms with van der Waals surface area (Å²) < 4.78 is 64.6. The van der Waals surface area contributed by atoms with Crippen molar-refractivity contribution in [1.29, 1.82) is 0 Å². The molecule has 7 aromatic rings. The van der Waals surface area contributed by atoms with Crippen molar-refractivity contribution in [2.24, 2.45) is 0 Å². The van der Waals surface area contributed by atoms with Gasteiger partial charge in [0.2, 0.25) is 0 Å². The number of aromatic nitrogens is 1. The minimum atomic E-state index is -4.00. The highest BCUT2D eigenvalue weighted by molar-refractivity contribution is 7.90. The monoisotopic (exact) mass is 793 g/mol. The zero-order chi connectivity index (χ0) is 39.7. The summed E-state index contributed by atoms with van der Waals surface area (Å²) in [6, 6.07) is 54.4. The Bertz CT molecular complexity index is 2460. The molecule has 0 unspecified atom stereocenters. The molecule has 0 saturated carbocycles. The summed E-state index contributed by atoms with van der Waals surface area (Å²) in [4.78, 5) is 0.192. The Hall–Kier alpha value is -5.39. The van der Waals surface area contributed by atoms with Crippen LogP contribution in [0.25, 0.3) is 10.9 Å². The number of hydrogen-bond donors (Lipinski definition) is 0. The lowest BCUT2D eigenvalue weighted by Gasteiger charge is -2.46. The smallest absolute Gasteiger partial charge is 0.268 e. The van der Waals surface area contributed by atoms with Gasteiger partial charge in [0.15, 0.2) is 0 Å². The van der Waals surface area contributed by atoms with Crippen LogP contribution in [0.4, 0.5) is 0 Å². The van der Waals surface area contributed by atoms with Crippen molar-refractivity contribution in [1.82, 2.24) is 3.97 Å². The molecule has 296 valence electrons. The van der Waals surface area contributed by atoms with Gasteiger partial charge < -0.3 is 23.7 Å². The lowest BCUT2D eigenvalue weighted by Crippen LogP contribution is -2.58. The van der Waals surface area contributed by atoms with Crippen molar-refractivity contribution in [3.63, 3.8) is 0 Å². The SMILES string of the molecule is Cc1ccc(S(=O)(=O)n2cc([C@@H]3O[C@H](COCc4ccccc4)[C@@H](OCc4ccccc4)[C@H](OCc4ccccc4)[C@H]3OCc3ccccc3)c3ccccc32)cc1. The fraction of sp³-hybridized carbons (Fsp3) is 0.224. The summed E-state index contributed by atoms with van der Waals surface area (Å²) in [5, 5.41) is 0.728. The fourth-order valence-electron chi connectivity index (χ4n) is 7.46. The van der Waals surface area contributed by atoms with Gasteiger partial charge in [0, 0.05) is 17.1 Å². The average Bonchev–Trinajstić information content (AvgIpc) is 3.67. The Balaban J connectivity index is 1.24. The van der Waals surface area contributed by atoms with Gasteiger partial charge in [0.1, 0.15) is 30.5 Å². The summed E-state index contributed by atoms with van der Waals surface area (Å²) >= 11 is 0. The van der Waals surface area contributed by atoms with Gasteiger partial charge in [0.05, 0.1) is 43.4 Å². The predicted molar refractivity (Wildman–Crippen MR) is 224 cm³/mol. The highest BCUT2D eigenvalue weighted by Gasteiger charge is 2.50. The van der Waals surface area contributed by atoms with E-state index < -0.39 is 40.5 Å². The summed E-state index contributed by atoms with van der Waals surface area (Å²) in [6.45, 7) is 3.34. The Labute approximate surface area is 340 Å². The van der Waals surface area contributed by atoms with E-state index in [0.29, 0.717) is 24.3 Å². The van der Waals surface area contributed by atoms with E-state index in [1.54, 1.807) is 18.3 Å². The molecule has 1 saturated heterocycles. The number of rotatable bonds is 16. The number of benzene rings is 6. The third-order valence-electron chi connectivity index (χ3n) is 10.5. The van der Waals surface area contributed by atoms with Gasteiger partial charge in [-0.2, -0.15) is 0 Å². The van der Waals surface area contributed by atoms with Crippen LogP contribution in [0.3, 0.4) is 0 Å². The van der Waals surface area contributed by atoms with Crippen LogP contribution in [0.1, 0.15) is 39.5 Å². The minimum absolute atomic E-state index is 0.182.